The topological polar surface area (TPSA) is 69.2 Å². The number of hydrogen-bond donors (Lipinski definition) is 1. The Hall–Kier alpha value is -1.84. The molecule has 2 fully saturated rings. The van der Waals surface area contributed by atoms with Crippen LogP contribution in [0.5, 0.6) is 0 Å². The Morgan fingerprint density at radius 1 is 1.26 bits per heavy atom. The van der Waals surface area contributed by atoms with Gasteiger partial charge in [0, 0.05) is 11.0 Å². The van der Waals surface area contributed by atoms with E-state index in [0.717, 1.165) is 19.3 Å². The van der Waals surface area contributed by atoms with Gasteiger partial charge < -0.3 is 15.2 Å². The molecule has 2 saturated carbocycles. The third kappa shape index (κ3) is 1.90. The van der Waals surface area contributed by atoms with Crippen molar-refractivity contribution in [3.63, 3.8) is 0 Å². The Morgan fingerprint density at radius 2 is 1.91 bits per heavy atom. The van der Waals surface area contributed by atoms with E-state index in [2.05, 4.69) is 19.2 Å². The molecule has 1 N–H and O–H groups in total. The van der Waals surface area contributed by atoms with E-state index in [1.165, 1.54) is 0 Å². The Kier molecular flexibility index (Phi) is 3.54. The molecule has 2 aliphatic rings. The molecule has 0 radical (unpaired) electrons. The second-order valence-corrected chi connectivity index (χ2v) is 7.56. The van der Waals surface area contributed by atoms with Gasteiger partial charge in [-0.25, -0.2) is 0 Å². The lowest BCUT2D eigenvalue weighted by molar-refractivity contribution is -0.319. The molecule has 0 aromatic heterocycles. The zero-order valence-electron chi connectivity index (χ0n) is 14.0. The summed E-state index contributed by atoms with van der Waals surface area (Å²) in [7, 11) is 0. The highest BCUT2D eigenvalue weighted by atomic mass is 16.4. The summed E-state index contributed by atoms with van der Waals surface area (Å²) in [5.74, 6) is -1.17. The summed E-state index contributed by atoms with van der Waals surface area (Å²) in [4.78, 5) is 24.8. The molecule has 0 unspecified atom stereocenters. The molecular weight excluding hydrogens is 290 g/mol. The van der Waals surface area contributed by atoms with E-state index in [1.54, 1.807) is 24.3 Å². The summed E-state index contributed by atoms with van der Waals surface area (Å²) in [6.45, 7) is 6.30. The van der Waals surface area contributed by atoms with Crippen molar-refractivity contribution >= 4 is 11.9 Å². The van der Waals surface area contributed by atoms with E-state index in [-0.39, 0.29) is 11.3 Å². The van der Waals surface area contributed by atoms with Gasteiger partial charge in [0.15, 0.2) is 0 Å². The van der Waals surface area contributed by atoms with E-state index in [9.17, 15) is 14.7 Å². The van der Waals surface area contributed by atoms with Gasteiger partial charge in [-0.3, -0.25) is 4.79 Å². The van der Waals surface area contributed by atoms with E-state index < -0.39 is 16.9 Å². The smallest absolute Gasteiger partial charge is 0.252 e. The molecule has 2 aliphatic carbocycles. The predicted molar refractivity (Wildman–Crippen MR) is 85.5 cm³/mol. The fraction of sp³-hybridized carbons (Fsp3) is 0.579. The van der Waals surface area contributed by atoms with Crippen LogP contribution in [0.4, 0.5) is 0 Å². The van der Waals surface area contributed by atoms with Crippen molar-refractivity contribution in [3.05, 3.63) is 35.9 Å². The van der Waals surface area contributed by atoms with Crippen LogP contribution in [-0.2, 0) is 4.79 Å². The Bertz CT molecular complexity index is 643. The van der Waals surface area contributed by atoms with E-state index in [4.69, 9.17) is 0 Å². The Labute approximate surface area is 137 Å². The van der Waals surface area contributed by atoms with Crippen LogP contribution >= 0.6 is 0 Å². The van der Waals surface area contributed by atoms with Gasteiger partial charge in [-0.15, -0.1) is 0 Å². The van der Waals surface area contributed by atoms with Gasteiger partial charge in [-0.2, -0.15) is 0 Å². The number of aliphatic carboxylic acids is 1. The molecular formula is C19H24NO3-. The SMILES string of the molecule is CC[C@@]1(C)[C@H]2CC[C@]1(C)[C@](NC(=O)c1ccccc1)(C(=O)[O-])C2. The van der Waals surface area contributed by atoms with Gasteiger partial charge in [0.1, 0.15) is 0 Å². The van der Waals surface area contributed by atoms with E-state index in [1.807, 2.05) is 13.0 Å². The van der Waals surface area contributed by atoms with Crippen LogP contribution in [0.1, 0.15) is 56.8 Å². The normalized spacial score (nSPS) is 38.5. The number of amides is 1. The summed E-state index contributed by atoms with van der Waals surface area (Å²) < 4.78 is 0. The monoisotopic (exact) mass is 314 g/mol. The lowest BCUT2D eigenvalue weighted by atomic mass is 9.61. The van der Waals surface area contributed by atoms with Crippen molar-refractivity contribution in [3.8, 4) is 0 Å². The van der Waals surface area contributed by atoms with Crippen LogP contribution in [0.25, 0.3) is 0 Å². The molecule has 1 amide bonds. The number of hydrogen-bond acceptors (Lipinski definition) is 3. The summed E-state index contributed by atoms with van der Waals surface area (Å²) in [5.41, 5.74) is -1.37. The minimum atomic E-state index is -1.28. The molecule has 1 aromatic rings. The number of carbonyl (C=O) groups excluding carboxylic acids is 2. The molecule has 0 saturated heterocycles. The zero-order valence-corrected chi connectivity index (χ0v) is 14.0. The molecule has 0 aliphatic heterocycles. The molecule has 4 atom stereocenters. The maximum Gasteiger partial charge on any atom is 0.252 e. The molecule has 3 rings (SSSR count). The highest BCUT2D eigenvalue weighted by Crippen LogP contribution is 2.70. The molecule has 4 heteroatoms. The second kappa shape index (κ2) is 5.08. The van der Waals surface area contributed by atoms with E-state index in [0.29, 0.717) is 17.9 Å². The Morgan fingerprint density at radius 3 is 2.43 bits per heavy atom. The molecule has 0 heterocycles. The molecule has 0 spiro atoms. The first kappa shape index (κ1) is 16.0. The summed E-state index contributed by atoms with van der Waals surface area (Å²) >= 11 is 0. The van der Waals surface area contributed by atoms with Crippen LogP contribution in [0, 0.1) is 16.7 Å². The van der Waals surface area contributed by atoms with Crippen LogP contribution in [0.3, 0.4) is 0 Å². The van der Waals surface area contributed by atoms with Crippen LogP contribution in [0.15, 0.2) is 30.3 Å². The lowest BCUT2D eigenvalue weighted by Gasteiger charge is -2.50. The summed E-state index contributed by atoms with van der Waals surface area (Å²) in [5, 5.41) is 15.0. The first-order valence-electron chi connectivity index (χ1n) is 8.40. The molecule has 4 nitrogen and oxygen atoms in total. The maximum absolute atomic E-state index is 12.6. The molecule has 1 aromatic carbocycles. The van der Waals surface area contributed by atoms with Crippen molar-refractivity contribution < 1.29 is 14.7 Å². The number of carbonyl (C=O) groups is 2. The maximum atomic E-state index is 12.6. The quantitative estimate of drug-likeness (QED) is 0.925. The number of carboxylic acid groups (broad SMARTS) is 1. The van der Waals surface area contributed by atoms with Crippen molar-refractivity contribution in [1.82, 2.24) is 5.32 Å². The van der Waals surface area contributed by atoms with Gasteiger partial charge in [-0.05, 0) is 49.1 Å². The largest absolute Gasteiger partial charge is 0.548 e. The highest BCUT2D eigenvalue weighted by Gasteiger charge is 2.70. The third-order valence-electron chi connectivity index (χ3n) is 7.09. The van der Waals surface area contributed by atoms with Crippen LogP contribution in [0.2, 0.25) is 0 Å². The number of nitrogens with one attached hydrogen (secondary N) is 1. The molecule has 124 valence electrons. The van der Waals surface area contributed by atoms with Crippen molar-refractivity contribution in [2.45, 2.75) is 52.0 Å². The minimum absolute atomic E-state index is 0.0863. The number of carboxylic acids is 1. The predicted octanol–water partition coefficient (Wildman–Crippen LogP) is 2.14. The standard InChI is InChI=1S/C19H25NO3/c1-4-17(2)14-10-11-18(17,3)19(12-14,16(22)23)20-15(21)13-8-6-5-7-9-13/h5-9,14H,4,10-12H2,1-3H3,(H,20,21)(H,22,23)/p-1/t14-,17-,18-,19+/m0/s1. The first-order chi connectivity index (χ1) is 10.8. The average Bonchev–Trinajstić information content (AvgIpc) is 2.90. The van der Waals surface area contributed by atoms with Gasteiger partial charge in [0.2, 0.25) is 0 Å². The van der Waals surface area contributed by atoms with Gasteiger partial charge in [0.05, 0.1) is 11.5 Å². The van der Waals surface area contributed by atoms with Crippen LogP contribution < -0.4 is 10.4 Å². The van der Waals surface area contributed by atoms with Crippen LogP contribution in [-0.4, -0.2) is 17.4 Å². The van der Waals surface area contributed by atoms with Gasteiger partial charge in [-0.1, -0.05) is 39.0 Å². The van der Waals surface area contributed by atoms with Crippen molar-refractivity contribution in [2.75, 3.05) is 0 Å². The fourth-order valence-corrected chi connectivity index (χ4v) is 5.22. The van der Waals surface area contributed by atoms with Crippen molar-refractivity contribution in [1.29, 1.82) is 0 Å². The van der Waals surface area contributed by atoms with Crippen molar-refractivity contribution in [2.24, 2.45) is 16.7 Å². The zero-order chi connectivity index (χ0) is 16.9. The third-order valence-corrected chi connectivity index (χ3v) is 7.09. The van der Waals surface area contributed by atoms with Gasteiger partial charge >= 0.3 is 0 Å². The van der Waals surface area contributed by atoms with E-state index >= 15 is 0 Å². The average molecular weight is 314 g/mol. The second-order valence-electron chi connectivity index (χ2n) is 7.56. The summed E-state index contributed by atoms with van der Waals surface area (Å²) in [6, 6.07) is 8.79. The van der Waals surface area contributed by atoms with Gasteiger partial charge in [0.25, 0.3) is 5.91 Å². The first-order valence-corrected chi connectivity index (χ1v) is 8.40. The Balaban J connectivity index is 2.00. The number of benzene rings is 1. The summed E-state index contributed by atoms with van der Waals surface area (Å²) in [6.07, 6.45) is 3.21. The lowest BCUT2D eigenvalue weighted by Crippen LogP contribution is -2.68. The minimum Gasteiger partial charge on any atom is -0.548 e. The highest BCUT2D eigenvalue weighted by molar-refractivity contribution is 5.98. The number of rotatable bonds is 4. The fourth-order valence-electron chi connectivity index (χ4n) is 5.22. The molecule has 2 bridgehead atoms. The number of fused-ring (bicyclic) bond motifs is 2. The molecule has 23 heavy (non-hydrogen) atoms.